The molecule has 4 heterocycles. The Labute approximate surface area is 135 Å². The van der Waals surface area contributed by atoms with Crippen LogP contribution in [0.15, 0.2) is 73.8 Å². The Bertz CT molecular complexity index is 613. The summed E-state index contributed by atoms with van der Waals surface area (Å²) in [5.74, 6) is 0. The molecule has 0 saturated heterocycles. The molecular weight excluding hydrogens is 295 g/mol. The third-order valence-corrected chi connectivity index (χ3v) is 3.11. The number of H-pyrrole nitrogens is 4. The first-order chi connectivity index (χ1) is 10.4. The van der Waals surface area contributed by atoms with Gasteiger partial charge in [0.25, 0.3) is 0 Å². The van der Waals surface area contributed by atoms with Gasteiger partial charge in [0.1, 0.15) is 0 Å². The van der Waals surface area contributed by atoms with Crippen LogP contribution < -0.4 is 20.0 Å². The summed E-state index contributed by atoms with van der Waals surface area (Å²) in [5, 5.41) is 16.1. The van der Waals surface area contributed by atoms with Crippen molar-refractivity contribution in [2.24, 2.45) is 0 Å². The van der Waals surface area contributed by atoms with Gasteiger partial charge in [-0.15, -0.1) is 5.10 Å². The average Bonchev–Trinajstić information content (AvgIpc) is 3.32. The van der Waals surface area contributed by atoms with Gasteiger partial charge in [0.15, 0.2) is 18.6 Å². The first kappa shape index (κ1) is 18.1. The fraction of sp³-hybridized carbons (Fsp3) is 0. The second kappa shape index (κ2) is 9.11. The molecule has 0 fully saturated rings. The van der Waals surface area contributed by atoms with E-state index in [0.29, 0.717) is 0 Å². The van der Waals surface area contributed by atoms with Gasteiger partial charge in [-0.25, -0.2) is 5.10 Å². The van der Waals surface area contributed by atoms with Gasteiger partial charge in [0.05, 0.1) is 6.20 Å². The second-order valence-corrected chi connectivity index (χ2v) is 4.50. The van der Waals surface area contributed by atoms with E-state index < -0.39 is 7.12 Å². The molecule has 0 aliphatic carbocycles. The molecule has 0 radical (unpaired) electrons. The maximum atomic E-state index is 4.30. The van der Waals surface area contributed by atoms with Gasteiger partial charge in [-0.05, 0) is 12.3 Å². The van der Waals surface area contributed by atoms with Crippen LogP contribution in [0.1, 0.15) is 0 Å². The van der Waals surface area contributed by atoms with Crippen molar-refractivity contribution in [2.75, 3.05) is 0 Å². The fourth-order valence-electron chi connectivity index (χ4n) is 2.19. The van der Waals surface area contributed by atoms with Crippen molar-refractivity contribution < 1.29 is 20.0 Å². The van der Waals surface area contributed by atoms with Crippen LogP contribution in [0.25, 0.3) is 0 Å². The van der Waals surface area contributed by atoms with Gasteiger partial charge in [-0.1, -0.05) is 0 Å². The van der Waals surface area contributed by atoms with E-state index in [1.165, 1.54) is 0 Å². The van der Waals surface area contributed by atoms with Crippen LogP contribution in [0.2, 0.25) is 0 Å². The molecule has 0 aliphatic rings. The summed E-state index contributed by atoms with van der Waals surface area (Å²) in [4.78, 5) is 0. The summed E-state index contributed by atoms with van der Waals surface area (Å²) in [6.07, 6.45) is 15.2. The molecule has 4 aromatic rings. The normalized spacial score (nSPS) is 9.43. The zero-order chi connectivity index (χ0) is 14.3. The minimum Gasteiger partial charge on any atom is -1.00 e. The molecule has 23 heavy (non-hydrogen) atoms. The first-order valence-corrected chi connectivity index (χ1v) is 6.70. The van der Waals surface area contributed by atoms with Crippen molar-refractivity contribution in [3.63, 3.8) is 0 Å². The van der Waals surface area contributed by atoms with Crippen LogP contribution in [-0.4, -0.2) is 41.2 Å². The minimum absolute atomic E-state index is 0. The molecule has 0 aliphatic heterocycles. The molecule has 114 valence electrons. The standard InChI is InChI=1S/C9H10BN6.C3H4N2.Be.FH/c1-4-11-14(7-1)10(15-8-2-5-12-15)16-9-3-6-13-16;1-2-4-5-3-1;;/h1-10H;1-3H,(H,4,5);;1H/q-1;;+2;/p+2. The molecule has 4 rings (SSSR count). The van der Waals surface area contributed by atoms with E-state index in [1.807, 2.05) is 81.4 Å². The van der Waals surface area contributed by atoms with E-state index in [-0.39, 0.29) is 14.8 Å². The molecule has 11 heteroatoms. The number of nitrogens with one attached hydrogen (secondary N) is 4. The predicted molar refractivity (Wildman–Crippen MR) is 80.6 cm³/mol. The molecule has 0 saturated carbocycles. The fourth-order valence-corrected chi connectivity index (χ4v) is 2.19. The van der Waals surface area contributed by atoms with Crippen LogP contribution in [0.4, 0.5) is 0 Å². The predicted octanol–water partition coefficient (Wildman–Crippen LogP) is -4.77. The van der Waals surface area contributed by atoms with Crippen molar-refractivity contribution in [3.8, 4) is 0 Å². The number of nitrogens with zero attached hydrogens (tertiary/aromatic N) is 4. The van der Waals surface area contributed by atoms with Crippen molar-refractivity contribution in [3.05, 3.63) is 73.8 Å². The molecule has 0 spiro atoms. The van der Waals surface area contributed by atoms with Gasteiger partial charge in [-0.3, -0.25) is 9.19 Å². The first-order valence-electron chi connectivity index (χ1n) is 6.70. The van der Waals surface area contributed by atoms with E-state index >= 15 is 0 Å². The number of rotatable bonds is 3. The van der Waals surface area contributed by atoms with Crippen LogP contribution in [0.5, 0.6) is 0 Å². The molecule has 0 atom stereocenters. The summed E-state index contributed by atoms with van der Waals surface area (Å²) in [7, 11) is -1.01. The summed E-state index contributed by atoms with van der Waals surface area (Å²) in [6.45, 7) is 0. The summed E-state index contributed by atoms with van der Waals surface area (Å²) >= 11 is 0. The van der Waals surface area contributed by atoms with Gasteiger partial charge >= 0.3 is 17.2 Å². The van der Waals surface area contributed by atoms with Crippen molar-refractivity contribution in [2.45, 2.75) is 0 Å². The molecule has 0 amide bonds. The van der Waals surface area contributed by atoms with E-state index in [0.717, 1.165) is 0 Å². The second-order valence-electron chi connectivity index (χ2n) is 4.50. The molecule has 4 aromatic heterocycles. The number of halogens is 1. The van der Waals surface area contributed by atoms with Crippen LogP contribution in [-0.2, 0) is 0 Å². The molecular formula is C12H17BBeFN8+3. The Balaban J connectivity index is 0.000000328. The molecule has 0 unspecified atom stereocenters. The molecule has 8 nitrogen and oxygen atoms in total. The Hall–Kier alpha value is -3.00. The summed E-state index contributed by atoms with van der Waals surface area (Å²) in [5.41, 5.74) is 0. The zero-order valence-corrected chi connectivity index (χ0v) is 12.5. The van der Waals surface area contributed by atoms with E-state index in [1.54, 1.807) is 6.20 Å². The quantitative estimate of drug-likeness (QED) is 0.378. The largest absolute Gasteiger partial charge is 2.00 e. The number of hydrogen-bond acceptors (Lipinski definition) is 1. The average molecular weight is 312 g/mol. The Morgan fingerprint density at radius 3 is 1.91 bits per heavy atom. The Kier molecular flexibility index (Phi) is 7.15. The summed E-state index contributed by atoms with van der Waals surface area (Å²) in [6, 6.07) is 7.74. The number of hydrogen-bond donors (Lipinski definition) is 1. The Morgan fingerprint density at radius 1 is 0.870 bits per heavy atom. The maximum absolute atomic E-state index is 4.30. The van der Waals surface area contributed by atoms with E-state index in [4.69, 9.17) is 0 Å². The van der Waals surface area contributed by atoms with E-state index in [2.05, 4.69) is 25.5 Å². The van der Waals surface area contributed by atoms with Crippen LogP contribution >= 0.6 is 0 Å². The van der Waals surface area contributed by atoms with Gasteiger partial charge in [0, 0.05) is 36.8 Å². The molecule has 0 bridgehead atoms. The number of aromatic amines is 4. The van der Waals surface area contributed by atoms with Gasteiger partial charge in [0.2, 0.25) is 0 Å². The SMILES string of the molecule is [Be+2].[F-].c1c[nH][nH+]c1.c1cnn([BH-](n2ccc[nH+]2)n2ccc[nH+]2)c1. The van der Waals surface area contributed by atoms with E-state index in [9.17, 15) is 0 Å². The number of aromatic nitrogens is 8. The zero-order valence-electron chi connectivity index (χ0n) is 12.5. The van der Waals surface area contributed by atoms with Crippen molar-refractivity contribution in [1.29, 1.82) is 0 Å². The van der Waals surface area contributed by atoms with Crippen LogP contribution in [0, 0.1) is 0 Å². The van der Waals surface area contributed by atoms with Crippen LogP contribution in [0.3, 0.4) is 0 Å². The van der Waals surface area contributed by atoms with Gasteiger partial charge in [-0.2, -0.15) is 15.3 Å². The monoisotopic (exact) mass is 312 g/mol. The smallest absolute Gasteiger partial charge is 1.00 e. The van der Waals surface area contributed by atoms with Crippen molar-refractivity contribution >= 4 is 17.2 Å². The summed E-state index contributed by atoms with van der Waals surface area (Å²) < 4.78 is 6.00. The van der Waals surface area contributed by atoms with Gasteiger partial charge < -0.3 is 9.30 Å². The minimum atomic E-state index is -1.01. The molecule has 4 N–H and O–H groups in total. The van der Waals surface area contributed by atoms with Crippen molar-refractivity contribution in [1.82, 2.24) is 24.0 Å². The molecule has 0 aromatic carbocycles. The topological polar surface area (TPSA) is 85.9 Å². The third-order valence-electron chi connectivity index (χ3n) is 3.11. The Morgan fingerprint density at radius 2 is 1.57 bits per heavy atom. The third kappa shape index (κ3) is 4.48. The maximum Gasteiger partial charge on any atom is 2.00 e.